The molecule has 3 aromatic rings. The normalized spacial score (nSPS) is 11.5. The van der Waals surface area contributed by atoms with Gasteiger partial charge in [0.1, 0.15) is 5.69 Å². The number of nitrogens with zero attached hydrogens (tertiary/aromatic N) is 1. The number of aromatic nitrogens is 1. The van der Waals surface area contributed by atoms with Crippen LogP contribution >= 0.6 is 0 Å². The van der Waals surface area contributed by atoms with Crippen molar-refractivity contribution in [2.75, 3.05) is 11.0 Å². The maximum atomic E-state index is 12.7. The predicted octanol–water partition coefficient (Wildman–Crippen LogP) is 2.42. The number of anilines is 1. The lowest BCUT2D eigenvalue weighted by Gasteiger charge is -2.13. The lowest BCUT2D eigenvalue weighted by Crippen LogP contribution is -2.26. The Morgan fingerprint density at radius 3 is 2.35 bits per heavy atom. The minimum absolute atomic E-state index is 0.0575. The molecular formula is C17H16N2O3S. The third kappa shape index (κ3) is 3.43. The second-order valence-corrected chi connectivity index (χ2v) is 7.12. The van der Waals surface area contributed by atoms with Crippen LogP contribution in [0.25, 0.3) is 10.9 Å². The molecule has 0 amide bonds. The van der Waals surface area contributed by atoms with E-state index >= 15 is 0 Å². The van der Waals surface area contributed by atoms with Gasteiger partial charge in [0.15, 0.2) is 0 Å². The Hall–Kier alpha value is -2.60. The van der Waals surface area contributed by atoms with Gasteiger partial charge in [-0.1, -0.05) is 48.5 Å². The molecule has 0 aliphatic rings. The van der Waals surface area contributed by atoms with Crippen molar-refractivity contribution in [3.05, 3.63) is 76.6 Å². The third-order valence-corrected chi connectivity index (χ3v) is 4.07. The third-order valence-electron chi connectivity index (χ3n) is 3.48. The van der Waals surface area contributed by atoms with E-state index in [1.807, 2.05) is 54.6 Å². The number of sulfonamides is 1. The molecule has 1 N–H and O–H groups in total. The first-order valence-electron chi connectivity index (χ1n) is 7.08. The Kier molecular flexibility index (Phi) is 3.92. The minimum atomic E-state index is -3.52. The first kappa shape index (κ1) is 15.3. The molecule has 0 aliphatic carbocycles. The predicted molar refractivity (Wildman–Crippen MR) is 92.2 cm³/mol. The molecule has 0 unspecified atom stereocenters. The van der Waals surface area contributed by atoms with Crippen molar-refractivity contribution in [2.45, 2.75) is 6.54 Å². The number of nitrogens with one attached hydrogen (secondary N) is 1. The highest BCUT2D eigenvalue weighted by Crippen LogP contribution is 2.17. The highest BCUT2D eigenvalue weighted by atomic mass is 32.2. The number of hydrogen-bond acceptors (Lipinski definition) is 3. The largest absolute Gasteiger partial charge is 0.302 e. The summed E-state index contributed by atoms with van der Waals surface area (Å²) in [6.07, 6.45) is 1.03. The summed E-state index contributed by atoms with van der Waals surface area (Å²) < 4.78 is 26.9. The molecule has 0 aliphatic heterocycles. The van der Waals surface area contributed by atoms with Crippen LogP contribution in [-0.2, 0) is 16.6 Å². The average molecular weight is 328 g/mol. The fourth-order valence-corrected chi connectivity index (χ4v) is 3.07. The summed E-state index contributed by atoms with van der Waals surface area (Å²) in [4.78, 5) is 12.7. The van der Waals surface area contributed by atoms with Gasteiger partial charge in [0.25, 0.3) is 5.56 Å². The zero-order chi connectivity index (χ0) is 16.4. The second kappa shape index (κ2) is 5.89. The van der Waals surface area contributed by atoms with Crippen molar-refractivity contribution < 1.29 is 8.42 Å². The van der Waals surface area contributed by atoms with Gasteiger partial charge in [-0.15, -0.1) is 0 Å². The van der Waals surface area contributed by atoms with E-state index in [-0.39, 0.29) is 11.2 Å². The zero-order valence-corrected chi connectivity index (χ0v) is 13.4. The number of benzene rings is 2. The lowest BCUT2D eigenvalue weighted by atomic mass is 10.1. The molecule has 1 aromatic heterocycles. The molecule has 0 radical (unpaired) electrons. The van der Waals surface area contributed by atoms with Crippen molar-refractivity contribution >= 4 is 26.6 Å². The van der Waals surface area contributed by atoms with E-state index in [0.29, 0.717) is 6.54 Å². The molecule has 23 heavy (non-hydrogen) atoms. The van der Waals surface area contributed by atoms with Crippen molar-refractivity contribution in [1.29, 1.82) is 0 Å². The van der Waals surface area contributed by atoms with E-state index in [4.69, 9.17) is 0 Å². The van der Waals surface area contributed by atoms with Crippen LogP contribution in [0.15, 0.2) is 65.5 Å². The molecule has 5 nitrogen and oxygen atoms in total. The summed E-state index contributed by atoms with van der Waals surface area (Å²) in [6, 6.07) is 18.6. The Morgan fingerprint density at radius 2 is 1.65 bits per heavy atom. The van der Waals surface area contributed by atoms with Crippen LogP contribution in [0.2, 0.25) is 0 Å². The van der Waals surface area contributed by atoms with Crippen LogP contribution in [0.1, 0.15) is 5.56 Å². The highest BCUT2D eigenvalue weighted by Gasteiger charge is 2.12. The molecule has 6 heteroatoms. The van der Waals surface area contributed by atoms with Gasteiger partial charge in [0.05, 0.1) is 18.3 Å². The molecular weight excluding hydrogens is 312 g/mol. The van der Waals surface area contributed by atoms with Crippen LogP contribution in [-0.4, -0.2) is 19.2 Å². The standard InChI is InChI=1S/C17H16N2O3S/c1-23(21,22)18-15-11-14-9-5-6-10-16(14)19(17(15)20)12-13-7-3-2-4-8-13/h2-11,18H,12H2,1H3. The fourth-order valence-electron chi connectivity index (χ4n) is 2.52. The summed E-state index contributed by atoms with van der Waals surface area (Å²) in [5, 5.41) is 0.800. The van der Waals surface area contributed by atoms with Gasteiger partial charge in [0, 0.05) is 5.39 Å². The van der Waals surface area contributed by atoms with Gasteiger partial charge in [-0.05, 0) is 17.7 Å². The van der Waals surface area contributed by atoms with Gasteiger partial charge in [-0.3, -0.25) is 9.52 Å². The average Bonchev–Trinajstić information content (AvgIpc) is 2.51. The molecule has 0 saturated carbocycles. The smallest absolute Gasteiger partial charge is 0.275 e. The number of para-hydroxylation sites is 1. The van der Waals surface area contributed by atoms with Gasteiger partial charge in [-0.25, -0.2) is 8.42 Å². The number of hydrogen-bond donors (Lipinski definition) is 1. The molecule has 118 valence electrons. The molecule has 2 aromatic carbocycles. The quantitative estimate of drug-likeness (QED) is 0.800. The van der Waals surface area contributed by atoms with Crippen molar-refractivity contribution in [2.24, 2.45) is 0 Å². The highest BCUT2D eigenvalue weighted by molar-refractivity contribution is 7.92. The summed E-state index contributed by atoms with van der Waals surface area (Å²) in [5.74, 6) is 0. The van der Waals surface area contributed by atoms with E-state index in [2.05, 4.69) is 4.72 Å². The first-order chi connectivity index (χ1) is 10.9. The molecule has 0 bridgehead atoms. The Morgan fingerprint density at radius 1 is 1.00 bits per heavy atom. The first-order valence-corrected chi connectivity index (χ1v) is 8.97. The van der Waals surface area contributed by atoms with E-state index in [1.165, 1.54) is 0 Å². The Bertz CT molecular complexity index is 1010. The molecule has 0 fully saturated rings. The molecule has 0 saturated heterocycles. The zero-order valence-electron chi connectivity index (χ0n) is 12.6. The van der Waals surface area contributed by atoms with Crippen LogP contribution in [0.3, 0.4) is 0 Å². The van der Waals surface area contributed by atoms with Gasteiger partial charge >= 0.3 is 0 Å². The van der Waals surface area contributed by atoms with Crippen LogP contribution < -0.4 is 10.3 Å². The van der Waals surface area contributed by atoms with Gasteiger partial charge in [-0.2, -0.15) is 0 Å². The van der Waals surface area contributed by atoms with Crippen molar-refractivity contribution in [3.8, 4) is 0 Å². The Balaban J connectivity index is 2.21. The number of rotatable bonds is 4. The fraction of sp³-hybridized carbons (Fsp3) is 0.118. The number of fused-ring (bicyclic) bond motifs is 1. The van der Waals surface area contributed by atoms with Crippen LogP contribution in [0.5, 0.6) is 0 Å². The van der Waals surface area contributed by atoms with Crippen molar-refractivity contribution in [3.63, 3.8) is 0 Å². The van der Waals surface area contributed by atoms with Crippen LogP contribution in [0.4, 0.5) is 5.69 Å². The maximum absolute atomic E-state index is 12.7. The lowest BCUT2D eigenvalue weighted by molar-refractivity contribution is 0.606. The van der Waals surface area contributed by atoms with E-state index in [0.717, 1.165) is 22.7 Å². The molecule has 1 heterocycles. The van der Waals surface area contributed by atoms with Crippen LogP contribution in [0, 0.1) is 0 Å². The molecule has 3 rings (SSSR count). The van der Waals surface area contributed by atoms with Crippen molar-refractivity contribution in [1.82, 2.24) is 4.57 Å². The molecule has 0 spiro atoms. The van der Waals surface area contributed by atoms with E-state index < -0.39 is 10.0 Å². The summed E-state index contributed by atoms with van der Waals surface area (Å²) in [6.45, 7) is 0.374. The number of pyridine rings is 1. The summed E-state index contributed by atoms with van der Waals surface area (Å²) in [7, 11) is -3.52. The molecule has 0 atom stereocenters. The van der Waals surface area contributed by atoms with Gasteiger partial charge in [0.2, 0.25) is 10.0 Å². The minimum Gasteiger partial charge on any atom is -0.302 e. The summed E-state index contributed by atoms with van der Waals surface area (Å²) in [5.41, 5.74) is 1.43. The Labute approximate surface area is 134 Å². The van der Waals surface area contributed by atoms with Gasteiger partial charge < -0.3 is 4.57 Å². The van der Waals surface area contributed by atoms with E-state index in [1.54, 1.807) is 10.6 Å². The van der Waals surface area contributed by atoms with E-state index in [9.17, 15) is 13.2 Å². The summed E-state index contributed by atoms with van der Waals surface area (Å²) >= 11 is 0. The second-order valence-electron chi connectivity index (χ2n) is 5.37. The topological polar surface area (TPSA) is 68.2 Å². The SMILES string of the molecule is CS(=O)(=O)Nc1cc2ccccc2n(Cc2ccccc2)c1=O. The maximum Gasteiger partial charge on any atom is 0.275 e. The monoisotopic (exact) mass is 328 g/mol.